The third-order valence-corrected chi connectivity index (χ3v) is 3.79. The highest BCUT2D eigenvalue weighted by atomic mass is 16.5. The first-order valence-corrected chi connectivity index (χ1v) is 8.37. The lowest BCUT2D eigenvalue weighted by molar-refractivity contribution is -0.148. The van der Waals surface area contributed by atoms with Crippen LogP contribution in [0.2, 0.25) is 0 Å². The summed E-state index contributed by atoms with van der Waals surface area (Å²) in [4.78, 5) is 25.3. The highest BCUT2D eigenvalue weighted by Crippen LogP contribution is 2.18. The van der Waals surface area contributed by atoms with Crippen LogP contribution in [0.3, 0.4) is 0 Å². The number of ether oxygens (including phenoxy) is 1. The summed E-state index contributed by atoms with van der Waals surface area (Å²) in [5.74, 6) is 2.06. The molecule has 1 aromatic heterocycles. The van der Waals surface area contributed by atoms with Crippen molar-refractivity contribution in [3.63, 3.8) is 0 Å². The molecular weight excluding hydrogens is 292 g/mol. The summed E-state index contributed by atoms with van der Waals surface area (Å²) >= 11 is 0. The molecule has 0 aromatic carbocycles. The van der Waals surface area contributed by atoms with Crippen LogP contribution in [-0.2, 0) is 9.53 Å². The molecular formula is C17H28N4O2. The summed E-state index contributed by atoms with van der Waals surface area (Å²) in [6.07, 6.45) is -0.0535. The molecule has 2 rings (SSSR count). The number of piperazine rings is 1. The van der Waals surface area contributed by atoms with Gasteiger partial charge in [-0.15, -0.1) is 0 Å². The van der Waals surface area contributed by atoms with Crippen LogP contribution in [0.1, 0.15) is 45.1 Å². The summed E-state index contributed by atoms with van der Waals surface area (Å²) in [7, 11) is 0. The molecule has 0 saturated carbocycles. The normalized spacial score (nSPS) is 16.2. The van der Waals surface area contributed by atoms with E-state index in [9.17, 15) is 4.79 Å². The third kappa shape index (κ3) is 5.16. The second-order valence-electron chi connectivity index (χ2n) is 6.68. The van der Waals surface area contributed by atoms with Crippen molar-refractivity contribution >= 4 is 11.8 Å². The summed E-state index contributed by atoms with van der Waals surface area (Å²) in [6.45, 7) is 13.8. The predicted octanol–water partition coefficient (Wildman–Crippen LogP) is 1.98. The number of hydrogen-bond acceptors (Lipinski definition) is 6. The number of carbonyl (C=O) groups excluding carboxylic acids is 1. The number of anilines is 1. The molecule has 6 nitrogen and oxygen atoms in total. The molecule has 1 fully saturated rings. The number of carbonyl (C=O) groups is 1. The molecule has 2 heterocycles. The fourth-order valence-corrected chi connectivity index (χ4v) is 2.61. The fraction of sp³-hybridized carbons (Fsp3) is 0.706. The van der Waals surface area contributed by atoms with Crippen molar-refractivity contribution in [3.8, 4) is 0 Å². The van der Waals surface area contributed by atoms with Crippen molar-refractivity contribution in [2.24, 2.45) is 0 Å². The van der Waals surface area contributed by atoms with Gasteiger partial charge in [0.1, 0.15) is 11.6 Å². The Balaban J connectivity index is 1.93. The van der Waals surface area contributed by atoms with E-state index in [1.807, 2.05) is 26.8 Å². The van der Waals surface area contributed by atoms with E-state index in [0.717, 1.165) is 43.5 Å². The molecule has 0 atom stereocenters. The van der Waals surface area contributed by atoms with E-state index in [0.29, 0.717) is 12.5 Å². The van der Waals surface area contributed by atoms with Crippen molar-refractivity contribution in [3.05, 3.63) is 17.6 Å². The topological polar surface area (TPSA) is 58.6 Å². The number of rotatable bonds is 5. The van der Waals surface area contributed by atoms with Gasteiger partial charge in [0.15, 0.2) is 0 Å². The van der Waals surface area contributed by atoms with E-state index < -0.39 is 0 Å². The van der Waals surface area contributed by atoms with Gasteiger partial charge < -0.3 is 9.64 Å². The molecule has 1 saturated heterocycles. The van der Waals surface area contributed by atoms with Crippen molar-refractivity contribution < 1.29 is 9.53 Å². The standard InChI is InChI=1S/C17H28N4O2/c1-12(2)17-18-14(5)10-15(19-17)21-8-6-20(7-9-21)11-16(22)23-13(3)4/h10,12-13H,6-9,11H2,1-5H3. The minimum atomic E-state index is -0.145. The van der Waals surface area contributed by atoms with Gasteiger partial charge in [0.25, 0.3) is 0 Å². The van der Waals surface area contributed by atoms with Gasteiger partial charge >= 0.3 is 5.97 Å². The molecule has 23 heavy (non-hydrogen) atoms. The predicted molar refractivity (Wildman–Crippen MR) is 90.7 cm³/mol. The van der Waals surface area contributed by atoms with Crippen molar-refractivity contribution in [2.75, 3.05) is 37.6 Å². The third-order valence-electron chi connectivity index (χ3n) is 3.79. The molecule has 0 amide bonds. The lowest BCUT2D eigenvalue weighted by Crippen LogP contribution is -2.48. The Hall–Kier alpha value is -1.69. The average Bonchev–Trinajstić information content (AvgIpc) is 2.46. The smallest absolute Gasteiger partial charge is 0.320 e. The van der Waals surface area contributed by atoms with Gasteiger partial charge in [-0.2, -0.15) is 0 Å². The van der Waals surface area contributed by atoms with Gasteiger partial charge in [-0.25, -0.2) is 9.97 Å². The van der Waals surface area contributed by atoms with Gasteiger partial charge in [-0.05, 0) is 20.8 Å². The lowest BCUT2D eigenvalue weighted by Gasteiger charge is -2.35. The Kier molecular flexibility index (Phi) is 5.93. The Morgan fingerprint density at radius 2 is 1.83 bits per heavy atom. The Morgan fingerprint density at radius 1 is 1.17 bits per heavy atom. The van der Waals surface area contributed by atoms with E-state index in [-0.39, 0.29) is 12.1 Å². The summed E-state index contributed by atoms with van der Waals surface area (Å²) in [5, 5.41) is 0. The second-order valence-corrected chi connectivity index (χ2v) is 6.68. The van der Waals surface area contributed by atoms with E-state index in [1.165, 1.54) is 0 Å². The molecule has 0 bridgehead atoms. The van der Waals surface area contributed by atoms with Crippen LogP contribution < -0.4 is 4.90 Å². The number of aryl methyl sites for hydroxylation is 1. The minimum absolute atomic E-state index is 0.0535. The van der Waals surface area contributed by atoms with Crippen LogP contribution in [-0.4, -0.2) is 59.7 Å². The molecule has 0 spiro atoms. The summed E-state index contributed by atoms with van der Waals surface area (Å²) < 4.78 is 5.21. The van der Waals surface area contributed by atoms with Crippen molar-refractivity contribution in [2.45, 2.75) is 46.6 Å². The molecule has 1 aromatic rings. The van der Waals surface area contributed by atoms with Gasteiger partial charge in [0.05, 0.1) is 12.6 Å². The Bertz CT molecular complexity index is 537. The van der Waals surface area contributed by atoms with Crippen LogP contribution in [0.4, 0.5) is 5.82 Å². The van der Waals surface area contributed by atoms with Crippen LogP contribution in [0.5, 0.6) is 0 Å². The zero-order valence-corrected chi connectivity index (χ0v) is 14.9. The number of aromatic nitrogens is 2. The monoisotopic (exact) mass is 320 g/mol. The van der Waals surface area contributed by atoms with E-state index in [1.54, 1.807) is 0 Å². The van der Waals surface area contributed by atoms with Crippen molar-refractivity contribution in [1.29, 1.82) is 0 Å². The summed E-state index contributed by atoms with van der Waals surface area (Å²) in [6, 6.07) is 2.04. The highest BCUT2D eigenvalue weighted by Gasteiger charge is 2.21. The Morgan fingerprint density at radius 3 is 2.39 bits per heavy atom. The van der Waals surface area contributed by atoms with Crippen LogP contribution >= 0.6 is 0 Å². The molecule has 128 valence electrons. The number of esters is 1. The second kappa shape index (κ2) is 7.73. The zero-order valence-electron chi connectivity index (χ0n) is 14.9. The van der Waals surface area contributed by atoms with Crippen LogP contribution in [0.25, 0.3) is 0 Å². The zero-order chi connectivity index (χ0) is 17.0. The van der Waals surface area contributed by atoms with Crippen molar-refractivity contribution in [1.82, 2.24) is 14.9 Å². The SMILES string of the molecule is Cc1cc(N2CCN(CC(=O)OC(C)C)CC2)nc(C(C)C)n1. The largest absolute Gasteiger partial charge is 0.462 e. The molecule has 1 aliphatic heterocycles. The highest BCUT2D eigenvalue weighted by molar-refractivity contribution is 5.71. The van der Waals surface area contributed by atoms with Gasteiger partial charge in [0.2, 0.25) is 0 Å². The lowest BCUT2D eigenvalue weighted by atomic mass is 10.2. The first kappa shape index (κ1) is 17.7. The maximum Gasteiger partial charge on any atom is 0.320 e. The molecule has 0 N–H and O–H groups in total. The van der Waals surface area contributed by atoms with Gasteiger partial charge in [-0.3, -0.25) is 9.69 Å². The molecule has 1 aliphatic rings. The van der Waals surface area contributed by atoms with Gasteiger partial charge in [-0.1, -0.05) is 13.8 Å². The van der Waals surface area contributed by atoms with Gasteiger partial charge in [0, 0.05) is 43.9 Å². The minimum Gasteiger partial charge on any atom is -0.462 e. The average molecular weight is 320 g/mol. The van der Waals surface area contributed by atoms with Crippen LogP contribution in [0.15, 0.2) is 6.07 Å². The summed E-state index contributed by atoms with van der Waals surface area (Å²) in [5.41, 5.74) is 1.00. The first-order chi connectivity index (χ1) is 10.8. The number of hydrogen-bond donors (Lipinski definition) is 0. The maximum absolute atomic E-state index is 11.7. The quantitative estimate of drug-likeness (QED) is 0.773. The van der Waals surface area contributed by atoms with E-state index in [4.69, 9.17) is 4.74 Å². The van der Waals surface area contributed by atoms with E-state index >= 15 is 0 Å². The molecule has 6 heteroatoms. The first-order valence-electron chi connectivity index (χ1n) is 8.37. The fourth-order valence-electron chi connectivity index (χ4n) is 2.61. The Labute approximate surface area is 138 Å². The molecule has 0 unspecified atom stereocenters. The maximum atomic E-state index is 11.7. The van der Waals surface area contributed by atoms with Crippen LogP contribution in [0, 0.1) is 6.92 Å². The van der Waals surface area contributed by atoms with E-state index in [2.05, 4.69) is 33.6 Å². The molecule has 0 radical (unpaired) electrons. The number of nitrogens with zero attached hydrogens (tertiary/aromatic N) is 4. The molecule has 0 aliphatic carbocycles.